The lowest BCUT2D eigenvalue weighted by Crippen LogP contribution is -2.52. The maximum Gasteiger partial charge on any atom is 0.322 e. The molecule has 1 saturated heterocycles. The van der Waals surface area contributed by atoms with E-state index in [1.807, 2.05) is 0 Å². The van der Waals surface area contributed by atoms with E-state index in [9.17, 15) is 19.2 Å². The van der Waals surface area contributed by atoms with Crippen molar-refractivity contribution in [3.05, 3.63) is 83.4 Å². The van der Waals surface area contributed by atoms with Gasteiger partial charge < -0.3 is 24.7 Å². The first kappa shape index (κ1) is 23.2. The number of carbonyl (C=O) groups excluding carboxylic acids is 4. The van der Waals surface area contributed by atoms with Gasteiger partial charge in [-0.05, 0) is 42.0 Å². The van der Waals surface area contributed by atoms with Gasteiger partial charge in [-0.15, -0.1) is 0 Å². The Morgan fingerprint density at radius 2 is 2.05 bits per heavy atom. The number of fused-ring (bicyclic) bond motifs is 2. The summed E-state index contributed by atoms with van der Waals surface area (Å²) in [5.74, 6) is -0.464. The number of nitrogens with zero attached hydrogens (tertiary/aromatic N) is 3. The quantitative estimate of drug-likeness (QED) is 0.332. The third-order valence-corrected chi connectivity index (χ3v) is 6.53. The van der Waals surface area contributed by atoms with Crippen LogP contribution in [0.4, 0.5) is 10.6 Å². The molecule has 0 saturated carbocycles. The summed E-state index contributed by atoms with van der Waals surface area (Å²) in [6, 6.07) is 12.4. The highest BCUT2D eigenvalue weighted by Gasteiger charge is 2.53. The number of rotatable bonds is 6. The first-order chi connectivity index (χ1) is 18.4. The van der Waals surface area contributed by atoms with E-state index in [0.29, 0.717) is 28.0 Å². The molecule has 0 aliphatic carbocycles. The van der Waals surface area contributed by atoms with Gasteiger partial charge in [0.25, 0.3) is 17.7 Å². The van der Waals surface area contributed by atoms with Crippen LogP contribution in [-0.2, 0) is 16.9 Å². The highest BCUT2D eigenvalue weighted by Crippen LogP contribution is 2.35. The smallest absolute Gasteiger partial charge is 0.322 e. The van der Waals surface area contributed by atoms with Crippen molar-refractivity contribution >= 4 is 40.7 Å². The zero-order valence-corrected chi connectivity index (χ0v) is 20.0. The lowest BCUT2D eigenvalue weighted by atomic mass is 9.95. The van der Waals surface area contributed by atoms with Crippen LogP contribution < -0.4 is 20.7 Å². The Morgan fingerprint density at radius 3 is 2.79 bits per heavy atom. The third kappa shape index (κ3) is 3.79. The highest BCUT2D eigenvalue weighted by atomic mass is 16.5. The summed E-state index contributed by atoms with van der Waals surface area (Å²) >= 11 is 0. The van der Waals surface area contributed by atoms with E-state index in [-0.39, 0.29) is 30.6 Å². The topological polar surface area (TPSA) is 156 Å². The van der Waals surface area contributed by atoms with Crippen LogP contribution in [0.25, 0.3) is 11.1 Å². The van der Waals surface area contributed by atoms with Gasteiger partial charge in [-0.3, -0.25) is 24.7 Å². The molecule has 1 aromatic carbocycles. The van der Waals surface area contributed by atoms with Gasteiger partial charge in [0.1, 0.15) is 22.8 Å². The van der Waals surface area contributed by atoms with Gasteiger partial charge in [0, 0.05) is 30.6 Å². The Labute approximate surface area is 215 Å². The summed E-state index contributed by atoms with van der Waals surface area (Å²) in [6.45, 7) is 0.0664. The maximum absolute atomic E-state index is 13.2. The lowest BCUT2D eigenvalue weighted by Gasteiger charge is -2.28. The molecule has 6 rings (SSSR count). The summed E-state index contributed by atoms with van der Waals surface area (Å²) in [6.07, 6.45) is 3.00. The predicted molar refractivity (Wildman–Crippen MR) is 132 cm³/mol. The molecule has 3 aromatic heterocycles. The zero-order chi connectivity index (χ0) is 26.4. The van der Waals surface area contributed by atoms with E-state index >= 15 is 0 Å². The molecule has 190 valence electrons. The maximum atomic E-state index is 13.2. The van der Waals surface area contributed by atoms with Crippen LogP contribution in [0, 0.1) is 0 Å². The van der Waals surface area contributed by atoms with E-state index in [1.165, 1.54) is 24.3 Å². The van der Waals surface area contributed by atoms with Crippen LogP contribution in [0.15, 0.2) is 65.3 Å². The van der Waals surface area contributed by atoms with Crippen molar-refractivity contribution in [1.82, 2.24) is 25.5 Å². The number of anilines is 1. The number of urea groups is 1. The van der Waals surface area contributed by atoms with Crippen molar-refractivity contribution in [2.45, 2.75) is 12.1 Å². The number of carbonyl (C=O) groups is 4. The first-order valence-electron chi connectivity index (χ1n) is 11.6. The summed E-state index contributed by atoms with van der Waals surface area (Å²) in [7, 11) is 1.51. The number of imide groups is 1. The van der Waals surface area contributed by atoms with Crippen LogP contribution in [0.1, 0.15) is 32.0 Å². The Hall–Kier alpha value is -5.26. The van der Waals surface area contributed by atoms with Crippen LogP contribution in [0.5, 0.6) is 5.75 Å². The van der Waals surface area contributed by atoms with Crippen molar-refractivity contribution in [3.8, 4) is 5.75 Å². The molecule has 12 nitrogen and oxygen atoms in total. The predicted octanol–water partition coefficient (Wildman–Crippen LogP) is 2.17. The standard InChI is InChI=1S/C26H20N6O6/c1-37-16-5-4-15-12-32(23(34)17(15)9-16)13-26(24(35)30-25(36)31-26)20-10-18-19(38-20)6-7-21(28-18)29-22(33)14-3-2-8-27-11-14/h2-11H,12-13H2,1H3,(H,28,29,33)(H2,30,31,35,36). The molecule has 5 amide bonds. The van der Waals surface area contributed by atoms with E-state index in [0.717, 1.165) is 5.56 Å². The second-order valence-corrected chi connectivity index (χ2v) is 8.88. The molecule has 1 unspecified atom stereocenters. The summed E-state index contributed by atoms with van der Waals surface area (Å²) < 4.78 is 11.2. The van der Waals surface area contributed by atoms with Crippen LogP contribution >= 0.6 is 0 Å². The fraction of sp³-hybridized carbons (Fsp3) is 0.154. The largest absolute Gasteiger partial charge is 0.497 e. The van der Waals surface area contributed by atoms with Crippen molar-refractivity contribution in [1.29, 1.82) is 0 Å². The van der Waals surface area contributed by atoms with Gasteiger partial charge in [-0.25, -0.2) is 9.78 Å². The number of methoxy groups -OCH3 is 1. The molecule has 2 aliphatic rings. The van der Waals surface area contributed by atoms with Crippen LogP contribution in [-0.4, -0.2) is 52.3 Å². The summed E-state index contributed by atoms with van der Waals surface area (Å²) in [5.41, 5.74) is 0.589. The van der Waals surface area contributed by atoms with Crippen molar-refractivity contribution < 1.29 is 28.3 Å². The minimum atomic E-state index is -1.68. The van der Waals surface area contributed by atoms with Crippen LogP contribution in [0.2, 0.25) is 0 Å². The van der Waals surface area contributed by atoms with Gasteiger partial charge in [0.15, 0.2) is 11.1 Å². The SMILES string of the molecule is COc1ccc2c(c1)C(=O)N(CC1(c3cc4nc(NC(=O)c5cccnc5)ccc4o3)NC(=O)NC1=O)C2. The molecule has 2 aliphatic heterocycles. The Balaban J connectivity index is 1.31. The van der Waals surface area contributed by atoms with Gasteiger partial charge in [0.05, 0.1) is 19.2 Å². The summed E-state index contributed by atoms with van der Waals surface area (Å²) in [5, 5.41) is 7.58. The van der Waals surface area contributed by atoms with E-state index in [1.54, 1.807) is 48.7 Å². The minimum absolute atomic E-state index is 0.0976. The Kier molecular flexibility index (Phi) is 5.30. The molecule has 3 N–H and O–H groups in total. The first-order valence-corrected chi connectivity index (χ1v) is 11.6. The molecule has 0 bridgehead atoms. The van der Waals surface area contributed by atoms with E-state index in [4.69, 9.17) is 9.15 Å². The fourth-order valence-corrected chi connectivity index (χ4v) is 4.63. The molecule has 1 atom stereocenters. The van der Waals surface area contributed by atoms with Crippen molar-refractivity contribution in [2.75, 3.05) is 19.0 Å². The Bertz CT molecular complexity index is 1630. The lowest BCUT2D eigenvalue weighted by molar-refractivity contribution is -0.125. The monoisotopic (exact) mass is 512 g/mol. The van der Waals surface area contributed by atoms with Crippen molar-refractivity contribution in [3.63, 3.8) is 0 Å². The molecule has 4 aromatic rings. The summed E-state index contributed by atoms with van der Waals surface area (Å²) in [4.78, 5) is 60.9. The fourth-order valence-electron chi connectivity index (χ4n) is 4.63. The zero-order valence-electron chi connectivity index (χ0n) is 20.0. The molecular formula is C26H20N6O6. The number of aromatic nitrogens is 2. The average molecular weight is 512 g/mol. The minimum Gasteiger partial charge on any atom is -0.497 e. The molecule has 0 spiro atoms. The number of pyridine rings is 2. The number of benzene rings is 1. The normalized spacial score (nSPS) is 18.3. The van der Waals surface area contributed by atoms with Gasteiger partial charge in [-0.1, -0.05) is 6.07 Å². The number of amides is 5. The van der Waals surface area contributed by atoms with E-state index in [2.05, 4.69) is 25.9 Å². The highest BCUT2D eigenvalue weighted by molar-refractivity contribution is 6.08. The molecule has 5 heterocycles. The molecular weight excluding hydrogens is 492 g/mol. The van der Waals surface area contributed by atoms with Crippen molar-refractivity contribution in [2.24, 2.45) is 0 Å². The Morgan fingerprint density at radius 1 is 1.18 bits per heavy atom. The number of furan rings is 1. The van der Waals surface area contributed by atoms with Gasteiger partial charge in [0.2, 0.25) is 0 Å². The van der Waals surface area contributed by atoms with Gasteiger partial charge in [-0.2, -0.15) is 0 Å². The van der Waals surface area contributed by atoms with Crippen LogP contribution in [0.3, 0.4) is 0 Å². The molecule has 1 fully saturated rings. The number of hydrogen-bond acceptors (Lipinski definition) is 8. The second kappa shape index (κ2) is 8.69. The number of hydrogen-bond donors (Lipinski definition) is 3. The third-order valence-electron chi connectivity index (χ3n) is 6.53. The molecule has 0 radical (unpaired) electrons. The second-order valence-electron chi connectivity index (χ2n) is 8.88. The number of nitrogens with one attached hydrogen (secondary N) is 3. The van der Waals surface area contributed by atoms with E-state index < -0.39 is 23.4 Å². The van der Waals surface area contributed by atoms with Gasteiger partial charge >= 0.3 is 6.03 Å². The average Bonchev–Trinajstić information content (AvgIpc) is 3.57. The number of ether oxygens (including phenoxy) is 1. The molecule has 12 heteroatoms. The molecule has 38 heavy (non-hydrogen) atoms.